The summed E-state index contributed by atoms with van der Waals surface area (Å²) in [5.41, 5.74) is 1.49. The van der Waals surface area contributed by atoms with E-state index in [1.807, 2.05) is 11.0 Å². The minimum absolute atomic E-state index is 0.0307. The van der Waals surface area contributed by atoms with Gasteiger partial charge in [-0.05, 0) is 34.7 Å². The lowest BCUT2D eigenvalue weighted by Gasteiger charge is -2.22. The minimum atomic E-state index is -0.0469. The Morgan fingerprint density at radius 1 is 1.50 bits per heavy atom. The van der Waals surface area contributed by atoms with Crippen molar-refractivity contribution in [3.63, 3.8) is 0 Å². The Morgan fingerprint density at radius 3 is 2.86 bits per heavy atom. The summed E-state index contributed by atoms with van der Waals surface area (Å²) in [6.07, 6.45) is 3.50. The molecule has 0 N–H and O–H groups in total. The quantitative estimate of drug-likeness (QED) is 0.835. The summed E-state index contributed by atoms with van der Waals surface area (Å²) in [4.78, 5) is 14.7. The third-order valence-electron chi connectivity index (χ3n) is 4.08. The van der Waals surface area contributed by atoms with E-state index in [9.17, 15) is 4.79 Å². The molecule has 2 aromatic heterocycles. The number of aryl methyl sites for hydroxylation is 1. The van der Waals surface area contributed by atoms with Crippen LogP contribution in [0.1, 0.15) is 60.6 Å². The number of nitrogens with zero attached hydrogens (tertiary/aromatic N) is 4. The highest BCUT2D eigenvalue weighted by Gasteiger charge is 2.35. The number of amides is 1. The van der Waals surface area contributed by atoms with Gasteiger partial charge in [-0.1, -0.05) is 19.0 Å². The normalized spacial score (nSPS) is 18.4. The maximum absolute atomic E-state index is 12.8. The minimum Gasteiger partial charge on any atom is -0.359 e. The fraction of sp³-hybridized carbons (Fsp3) is 0.533. The van der Waals surface area contributed by atoms with E-state index in [-0.39, 0.29) is 11.9 Å². The van der Waals surface area contributed by atoms with Gasteiger partial charge in [-0.15, -0.1) is 0 Å². The summed E-state index contributed by atoms with van der Waals surface area (Å²) in [5.74, 6) is 1.05. The molecule has 2 aromatic rings. The lowest BCUT2D eigenvalue weighted by molar-refractivity contribution is 0.0702. The van der Waals surface area contributed by atoms with Crippen LogP contribution in [0.3, 0.4) is 0 Å². The number of hydrogen-bond acceptors (Lipinski definition) is 4. The summed E-state index contributed by atoms with van der Waals surface area (Å²) in [7, 11) is 1.77. The molecule has 22 heavy (non-hydrogen) atoms. The molecule has 0 radical (unpaired) electrons. The zero-order chi connectivity index (χ0) is 15.9. The number of carbonyl (C=O) groups is 1. The predicted molar refractivity (Wildman–Crippen MR) is 84.5 cm³/mol. The van der Waals surface area contributed by atoms with Crippen molar-refractivity contribution in [2.45, 2.75) is 38.6 Å². The first-order valence-electron chi connectivity index (χ1n) is 7.44. The van der Waals surface area contributed by atoms with Crippen molar-refractivity contribution in [1.29, 1.82) is 0 Å². The SMILES string of the molecule is CC(C)c1cc([C@@H]2CCCN2C(=O)c2c(Br)cnn2C)on1. The molecule has 1 aliphatic rings. The van der Waals surface area contributed by atoms with Gasteiger partial charge in [0.2, 0.25) is 0 Å². The van der Waals surface area contributed by atoms with Gasteiger partial charge in [0.25, 0.3) is 5.91 Å². The molecular weight excluding hydrogens is 348 g/mol. The third kappa shape index (κ3) is 2.58. The average molecular weight is 367 g/mol. The molecule has 7 heteroatoms. The standard InChI is InChI=1S/C15H19BrN4O2/c1-9(2)11-7-13(22-18-11)12-5-4-6-20(12)15(21)14-10(16)8-17-19(14)3/h7-9,12H,4-6H2,1-3H3/t12-/m0/s1. The number of rotatable bonds is 3. The van der Waals surface area contributed by atoms with Crippen LogP contribution in [0.15, 0.2) is 21.3 Å². The van der Waals surface area contributed by atoms with Crippen LogP contribution >= 0.6 is 15.9 Å². The van der Waals surface area contributed by atoms with Crippen LogP contribution in [-0.2, 0) is 7.05 Å². The first-order valence-corrected chi connectivity index (χ1v) is 8.23. The van der Waals surface area contributed by atoms with E-state index in [1.165, 1.54) is 0 Å². The molecule has 0 saturated carbocycles. The molecule has 3 heterocycles. The van der Waals surface area contributed by atoms with Gasteiger partial charge in [-0.25, -0.2) is 0 Å². The highest BCUT2D eigenvalue weighted by molar-refractivity contribution is 9.10. The number of aromatic nitrogens is 3. The van der Waals surface area contributed by atoms with Gasteiger partial charge in [0.1, 0.15) is 5.69 Å². The fourth-order valence-corrected chi connectivity index (χ4v) is 3.34. The van der Waals surface area contributed by atoms with Gasteiger partial charge in [0, 0.05) is 19.7 Å². The number of likely N-dealkylation sites (tertiary alicyclic amines) is 1. The highest BCUT2D eigenvalue weighted by atomic mass is 79.9. The zero-order valence-corrected chi connectivity index (χ0v) is 14.5. The van der Waals surface area contributed by atoms with Crippen LogP contribution in [0.2, 0.25) is 0 Å². The first-order chi connectivity index (χ1) is 10.5. The van der Waals surface area contributed by atoms with Crippen LogP contribution in [0.25, 0.3) is 0 Å². The Labute approximate surface area is 137 Å². The summed E-state index contributed by atoms with van der Waals surface area (Å²) < 4.78 is 7.80. The molecule has 0 bridgehead atoms. The molecule has 0 aromatic carbocycles. The van der Waals surface area contributed by atoms with Crippen molar-refractivity contribution in [1.82, 2.24) is 19.8 Å². The number of carbonyl (C=O) groups excluding carboxylic acids is 1. The largest absolute Gasteiger partial charge is 0.359 e. The second-order valence-electron chi connectivity index (χ2n) is 5.93. The Balaban J connectivity index is 1.88. The van der Waals surface area contributed by atoms with Gasteiger partial charge in [-0.3, -0.25) is 9.48 Å². The van der Waals surface area contributed by atoms with Crippen molar-refractivity contribution < 1.29 is 9.32 Å². The Kier molecular flexibility index (Phi) is 4.08. The molecule has 1 fully saturated rings. The highest BCUT2D eigenvalue weighted by Crippen LogP contribution is 2.35. The molecule has 3 rings (SSSR count). The van der Waals surface area contributed by atoms with E-state index in [4.69, 9.17) is 4.52 Å². The molecule has 1 atom stereocenters. The van der Waals surface area contributed by atoms with Gasteiger partial charge in [0.05, 0.1) is 22.4 Å². The van der Waals surface area contributed by atoms with Gasteiger partial charge < -0.3 is 9.42 Å². The Morgan fingerprint density at radius 2 is 2.27 bits per heavy atom. The van der Waals surface area contributed by atoms with Crippen LogP contribution < -0.4 is 0 Å². The van der Waals surface area contributed by atoms with Crippen molar-refractivity contribution in [3.8, 4) is 0 Å². The molecule has 118 valence electrons. The maximum atomic E-state index is 12.8. The van der Waals surface area contributed by atoms with E-state index in [0.717, 1.165) is 30.8 Å². The zero-order valence-electron chi connectivity index (χ0n) is 12.9. The number of hydrogen-bond donors (Lipinski definition) is 0. The smallest absolute Gasteiger partial charge is 0.273 e. The van der Waals surface area contributed by atoms with Crippen molar-refractivity contribution >= 4 is 21.8 Å². The van der Waals surface area contributed by atoms with Crippen molar-refractivity contribution in [2.24, 2.45) is 7.05 Å². The monoisotopic (exact) mass is 366 g/mol. The lowest BCUT2D eigenvalue weighted by Crippen LogP contribution is -2.32. The topological polar surface area (TPSA) is 64.2 Å². The molecule has 1 aliphatic heterocycles. The fourth-order valence-electron chi connectivity index (χ4n) is 2.83. The second-order valence-corrected chi connectivity index (χ2v) is 6.78. The second kappa shape index (κ2) is 5.87. The van der Waals surface area contributed by atoms with E-state index >= 15 is 0 Å². The molecule has 1 amide bonds. The Bertz CT molecular complexity index is 672. The van der Waals surface area contributed by atoms with E-state index in [0.29, 0.717) is 16.1 Å². The predicted octanol–water partition coefficient (Wildman–Crippen LogP) is 3.27. The molecule has 0 aliphatic carbocycles. The van der Waals surface area contributed by atoms with Crippen LogP contribution in [0, 0.1) is 0 Å². The number of halogens is 1. The first kappa shape index (κ1) is 15.3. The van der Waals surface area contributed by atoms with Gasteiger partial charge in [0.15, 0.2) is 5.76 Å². The Hall–Kier alpha value is -1.63. The summed E-state index contributed by atoms with van der Waals surface area (Å²) in [6.45, 7) is 4.87. The molecular formula is C15H19BrN4O2. The molecule has 1 saturated heterocycles. The van der Waals surface area contributed by atoms with E-state index in [2.05, 4.69) is 40.0 Å². The van der Waals surface area contributed by atoms with Crippen LogP contribution in [-0.4, -0.2) is 32.3 Å². The molecule has 6 nitrogen and oxygen atoms in total. The van der Waals surface area contributed by atoms with Gasteiger partial charge >= 0.3 is 0 Å². The van der Waals surface area contributed by atoms with Gasteiger partial charge in [-0.2, -0.15) is 5.10 Å². The van der Waals surface area contributed by atoms with E-state index in [1.54, 1.807) is 17.9 Å². The third-order valence-corrected chi connectivity index (χ3v) is 4.66. The van der Waals surface area contributed by atoms with Crippen molar-refractivity contribution in [2.75, 3.05) is 6.54 Å². The van der Waals surface area contributed by atoms with Crippen LogP contribution in [0.4, 0.5) is 0 Å². The maximum Gasteiger partial charge on any atom is 0.273 e. The molecule has 0 spiro atoms. The van der Waals surface area contributed by atoms with E-state index < -0.39 is 0 Å². The summed E-state index contributed by atoms with van der Waals surface area (Å²) in [6, 6.07) is 1.92. The van der Waals surface area contributed by atoms with Crippen LogP contribution in [0.5, 0.6) is 0 Å². The van der Waals surface area contributed by atoms with Crippen molar-refractivity contribution in [3.05, 3.63) is 33.9 Å². The molecule has 0 unspecified atom stereocenters. The average Bonchev–Trinajstić information content (AvgIpc) is 3.17. The lowest BCUT2D eigenvalue weighted by atomic mass is 10.1. The summed E-state index contributed by atoms with van der Waals surface area (Å²) in [5, 5.41) is 8.23. The summed E-state index contributed by atoms with van der Waals surface area (Å²) >= 11 is 3.40.